The molecule has 10 heteroatoms. The molecular weight excluding hydrogens is 630 g/mol. The van der Waals surface area contributed by atoms with Crippen LogP contribution < -0.4 is 14.4 Å². The summed E-state index contributed by atoms with van der Waals surface area (Å²) in [5, 5.41) is 2.86. The van der Waals surface area contributed by atoms with Crippen LogP contribution in [0, 0.1) is 0 Å². The van der Waals surface area contributed by atoms with Crippen molar-refractivity contribution in [2.45, 2.75) is 30.8 Å². The Balaban J connectivity index is 1.78. The van der Waals surface area contributed by atoms with Crippen molar-refractivity contribution in [3.05, 3.63) is 125 Å². The van der Waals surface area contributed by atoms with Gasteiger partial charge in [-0.1, -0.05) is 76.6 Å². The van der Waals surface area contributed by atoms with Gasteiger partial charge in [0.2, 0.25) is 11.8 Å². The molecule has 0 fully saturated rings. The van der Waals surface area contributed by atoms with Crippen LogP contribution in [0.1, 0.15) is 18.1 Å². The highest BCUT2D eigenvalue weighted by molar-refractivity contribution is 9.10. The fourth-order valence-corrected chi connectivity index (χ4v) is 6.33. The van der Waals surface area contributed by atoms with Gasteiger partial charge in [-0.25, -0.2) is 8.42 Å². The highest BCUT2D eigenvalue weighted by Gasteiger charge is 2.34. The SMILES string of the molecule is CCNC(=O)C(Cc1ccccc1)N(Cc1ccc(Br)cc1)C(=O)CN(c1ccc(OC)cc1)S(=O)(=O)c1ccccc1. The van der Waals surface area contributed by atoms with Crippen molar-refractivity contribution < 1.29 is 22.7 Å². The fourth-order valence-electron chi connectivity index (χ4n) is 4.63. The summed E-state index contributed by atoms with van der Waals surface area (Å²) in [6.45, 7) is 1.77. The third-order valence-corrected chi connectivity index (χ3v) is 9.18. The molecule has 0 aliphatic carbocycles. The summed E-state index contributed by atoms with van der Waals surface area (Å²) in [5.74, 6) is -0.299. The van der Waals surface area contributed by atoms with Gasteiger partial charge in [0.25, 0.3) is 10.0 Å². The molecule has 0 aliphatic heterocycles. The number of rotatable bonds is 13. The number of nitrogens with one attached hydrogen (secondary N) is 1. The van der Waals surface area contributed by atoms with E-state index in [1.54, 1.807) is 42.5 Å². The molecule has 1 atom stereocenters. The second kappa shape index (κ2) is 14.8. The van der Waals surface area contributed by atoms with Gasteiger partial charge in [-0.15, -0.1) is 0 Å². The van der Waals surface area contributed by atoms with Gasteiger partial charge in [-0.3, -0.25) is 13.9 Å². The van der Waals surface area contributed by atoms with Crippen LogP contribution in [0.5, 0.6) is 5.75 Å². The van der Waals surface area contributed by atoms with Gasteiger partial charge in [0.15, 0.2) is 0 Å². The molecule has 0 bridgehead atoms. The van der Waals surface area contributed by atoms with Gasteiger partial charge in [-0.05, 0) is 66.6 Å². The summed E-state index contributed by atoms with van der Waals surface area (Å²) in [5.41, 5.74) is 1.95. The molecule has 0 aromatic heterocycles. The number of ether oxygens (including phenoxy) is 1. The average molecular weight is 665 g/mol. The molecule has 1 N–H and O–H groups in total. The Bertz CT molecular complexity index is 1600. The summed E-state index contributed by atoms with van der Waals surface area (Å²) in [7, 11) is -2.64. The van der Waals surface area contributed by atoms with E-state index < -0.39 is 28.5 Å². The van der Waals surface area contributed by atoms with E-state index in [0.717, 1.165) is 19.9 Å². The van der Waals surface area contributed by atoms with E-state index in [-0.39, 0.29) is 23.8 Å². The predicted octanol–water partition coefficient (Wildman–Crippen LogP) is 5.43. The van der Waals surface area contributed by atoms with Crippen LogP contribution in [0.2, 0.25) is 0 Å². The Hall–Kier alpha value is -4.15. The second-order valence-electron chi connectivity index (χ2n) is 9.77. The molecule has 0 heterocycles. The Kier molecular flexibility index (Phi) is 11.0. The number of carbonyl (C=O) groups is 2. The largest absolute Gasteiger partial charge is 0.497 e. The van der Waals surface area contributed by atoms with Gasteiger partial charge in [0, 0.05) is 24.0 Å². The Labute approximate surface area is 261 Å². The average Bonchev–Trinajstić information content (AvgIpc) is 3.03. The van der Waals surface area contributed by atoms with Crippen molar-refractivity contribution in [2.75, 3.05) is 24.5 Å². The number of sulfonamides is 1. The Morgan fingerprint density at radius 2 is 1.44 bits per heavy atom. The van der Waals surface area contributed by atoms with E-state index in [9.17, 15) is 18.0 Å². The van der Waals surface area contributed by atoms with Crippen LogP contribution in [-0.2, 0) is 32.6 Å². The maximum absolute atomic E-state index is 14.3. The zero-order chi connectivity index (χ0) is 30.8. The van der Waals surface area contributed by atoms with E-state index in [4.69, 9.17) is 4.74 Å². The topological polar surface area (TPSA) is 96.0 Å². The minimum absolute atomic E-state index is 0.0441. The minimum atomic E-state index is -4.16. The molecule has 8 nitrogen and oxygen atoms in total. The molecule has 0 aliphatic rings. The van der Waals surface area contributed by atoms with Gasteiger partial charge in [0.05, 0.1) is 17.7 Å². The first kappa shape index (κ1) is 31.8. The van der Waals surface area contributed by atoms with Gasteiger partial charge >= 0.3 is 0 Å². The van der Waals surface area contributed by atoms with Gasteiger partial charge < -0.3 is 15.0 Å². The lowest BCUT2D eigenvalue weighted by molar-refractivity contribution is -0.140. The van der Waals surface area contributed by atoms with Gasteiger partial charge in [0.1, 0.15) is 18.3 Å². The molecule has 1 unspecified atom stereocenters. The van der Waals surface area contributed by atoms with Crippen molar-refractivity contribution in [1.29, 1.82) is 0 Å². The van der Waals surface area contributed by atoms with Gasteiger partial charge in [-0.2, -0.15) is 0 Å². The summed E-state index contributed by atoms with van der Waals surface area (Å²) in [4.78, 5) is 29.4. The molecule has 0 spiro atoms. The third kappa shape index (κ3) is 8.24. The fraction of sp³-hybridized carbons (Fsp3) is 0.212. The van der Waals surface area contributed by atoms with Crippen molar-refractivity contribution in [2.24, 2.45) is 0 Å². The molecule has 4 aromatic carbocycles. The molecule has 0 saturated heterocycles. The van der Waals surface area contributed by atoms with Crippen LogP contribution in [0.25, 0.3) is 0 Å². The number of likely N-dealkylation sites (N-methyl/N-ethyl adjacent to an activating group) is 1. The van der Waals surface area contributed by atoms with E-state index in [1.807, 2.05) is 61.5 Å². The molecule has 4 rings (SSSR count). The first-order valence-electron chi connectivity index (χ1n) is 13.8. The molecule has 224 valence electrons. The van der Waals surface area contributed by atoms with Crippen molar-refractivity contribution >= 4 is 43.5 Å². The van der Waals surface area contributed by atoms with E-state index in [2.05, 4.69) is 21.2 Å². The lowest BCUT2D eigenvalue weighted by Crippen LogP contribution is -2.53. The monoisotopic (exact) mass is 663 g/mol. The summed E-state index contributed by atoms with van der Waals surface area (Å²) in [6.07, 6.45) is 0.253. The number of hydrogen-bond acceptors (Lipinski definition) is 5. The molecule has 4 aromatic rings. The lowest BCUT2D eigenvalue weighted by atomic mass is 10.0. The molecule has 0 radical (unpaired) electrons. The van der Waals surface area contributed by atoms with Crippen molar-refractivity contribution in [1.82, 2.24) is 10.2 Å². The third-order valence-electron chi connectivity index (χ3n) is 6.86. The summed E-state index contributed by atoms with van der Waals surface area (Å²) < 4.78 is 35.2. The maximum atomic E-state index is 14.3. The number of nitrogens with zero attached hydrogens (tertiary/aromatic N) is 2. The maximum Gasteiger partial charge on any atom is 0.264 e. The molecule has 0 saturated carbocycles. The number of carbonyl (C=O) groups excluding carboxylic acids is 2. The van der Waals surface area contributed by atoms with Crippen LogP contribution in [-0.4, -0.2) is 51.4 Å². The quantitative estimate of drug-likeness (QED) is 0.206. The summed E-state index contributed by atoms with van der Waals surface area (Å²) in [6, 6.07) is 30.4. The highest BCUT2D eigenvalue weighted by atomic mass is 79.9. The number of anilines is 1. The minimum Gasteiger partial charge on any atom is -0.497 e. The van der Waals surface area contributed by atoms with Crippen LogP contribution in [0.3, 0.4) is 0 Å². The standard InChI is InChI=1S/C33H34BrN3O5S/c1-3-35-33(39)31(22-25-10-6-4-7-11-25)36(23-26-14-16-27(34)17-15-26)32(38)24-37(28-18-20-29(42-2)21-19-28)43(40,41)30-12-8-5-9-13-30/h4-21,31H,3,22-24H2,1-2H3,(H,35,39). The predicted molar refractivity (Wildman–Crippen MR) is 171 cm³/mol. The van der Waals surface area contributed by atoms with E-state index >= 15 is 0 Å². The molecule has 2 amide bonds. The lowest BCUT2D eigenvalue weighted by Gasteiger charge is -2.33. The first-order chi connectivity index (χ1) is 20.7. The van der Waals surface area contributed by atoms with Crippen LogP contribution in [0.4, 0.5) is 5.69 Å². The normalized spacial score (nSPS) is 11.8. The first-order valence-corrected chi connectivity index (χ1v) is 16.0. The number of hydrogen-bond donors (Lipinski definition) is 1. The summed E-state index contributed by atoms with van der Waals surface area (Å²) >= 11 is 3.44. The molecule has 43 heavy (non-hydrogen) atoms. The number of halogens is 1. The van der Waals surface area contributed by atoms with E-state index in [0.29, 0.717) is 18.0 Å². The highest BCUT2D eigenvalue weighted by Crippen LogP contribution is 2.27. The van der Waals surface area contributed by atoms with E-state index in [1.165, 1.54) is 24.1 Å². The second-order valence-corrected chi connectivity index (χ2v) is 12.5. The number of benzene rings is 4. The smallest absolute Gasteiger partial charge is 0.264 e. The molecular formula is C33H34BrN3O5S. The van der Waals surface area contributed by atoms with Crippen LogP contribution in [0.15, 0.2) is 119 Å². The van der Waals surface area contributed by atoms with Crippen molar-refractivity contribution in [3.63, 3.8) is 0 Å². The van der Waals surface area contributed by atoms with Crippen molar-refractivity contribution in [3.8, 4) is 5.75 Å². The zero-order valence-corrected chi connectivity index (χ0v) is 26.4. The Morgan fingerprint density at radius 1 is 0.837 bits per heavy atom. The zero-order valence-electron chi connectivity index (χ0n) is 24.0. The van der Waals surface area contributed by atoms with Crippen LogP contribution >= 0.6 is 15.9 Å². The number of amides is 2. The Morgan fingerprint density at radius 3 is 2.02 bits per heavy atom. The number of methoxy groups -OCH3 is 1.